The molecule has 0 bridgehead atoms. The number of anilines is 1. The standard InChI is InChI=1S/C11H9ClFN3O/c1-6(17)8-5-15-16(11(8)14)10-4-7(12)2-3-9(10)13/h2-5H,14H2,1H3. The molecule has 0 saturated carbocycles. The molecule has 88 valence electrons. The Balaban J connectivity index is 2.61. The minimum Gasteiger partial charge on any atom is -0.383 e. The van der Waals surface area contributed by atoms with Crippen LogP contribution < -0.4 is 5.73 Å². The third-order valence-corrected chi connectivity index (χ3v) is 2.56. The van der Waals surface area contributed by atoms with Gasteiger partial charge in [-0.2, -0.15) is 5.10 Å². The van der Waals surface area contributed by atoms with Crippen LogP contribution in [0.15, 0.2) is 24.4 Å². The highest BCUT2D eigenvalue weighted by Gasteiger charge is 2.15. The summed E-state index contributed by atoms with van der Waals surface area (Å²) in [5.41, 5.74) is 6.09. The Hall–Kier alpha value is -1.88. The van der Waals surface area contributed by atoms with Crippen LogP contribution in [0.4, 0.5) is 10.2 Å². The molecule has 2 aromatic rings. The smallest absolute Gasteiger partial charge is 0.165 e. The van der Waals surface area contributed by atoms with E-state index in [0.717, 1.165) is 4.68 Å². The summed E-state index contributed by atoms with van der Waals surface area (Å²) in [6, 6.07) is 4.03. The Kier molecular flexibility index (Phi) is 2.85. The van der Waals surface area contributed by atoms with Crippen molar-refractivity contribution in [3.63, 3.8) is 0 Å². The molecule has 0 amide bonds. The average molecular weight is 254 g/mol. The molecule has 2 rings (SSSR count). The van der Waals surface area contributed by atoms with Crippen LogP contribution in [0.3, 0.4) is 0 Å². The highest BCUT2D eigenvalue weighted by molar-refractivity contribution is 6.30. The minimum atomic E-state index is -0.515. The van der Waals surface area contributed by atoms with E-state index in [1.54, 1.807) is 0 Å². The van der Waals surface area contributed by atoms with Crippen molar-refractivity contribution in [1.29, 1.82) is 0 Å². The number of Topliss-reactive ketones (excluding diaryl/α,β-unsaturated/α-hetero) is 1. The van der Waals surface area contributed by atoms with Gasteiger partial charge >= 0.3 is 0 Å². The lowest BCUT2D eigenvalue weighted by atomic mass is 10.2. The monoisotopic (exact) mass is 253 g/mol. The van der Waals surface area contributed by atoms with E-state index in [4.69, 9.17) is 17.3 Å². The van der Waals surface area contributed by atoms with Crippen molar-refractivity contribution in [2.75, 3.05) is 5.73 Å². The zero-order valence-corrected chi connectivity index (χ0v) is 9.70. The number of rotatable bonds is 2. The van der Waals surface area contributed by atoms with Gasteiger partial charge in [-0.25, -0.2) is 9.07 Å². The van der Waals surface area contributed by atoms with Gasteiger partial charge in [-0.3, -0.25) is 4.79 Å². The summed E-state index contributed by atoms with van der Waals surface area (Å²) in [5, 5.41) is 4.24. The molecule has 0 radical (unpaired) electrons. The first-order chi connectivity index (χ1) is 8.00. The maximum Gasteiger partial charge on any atom is 0.165 e. The number of hydrogen-bond acceptors (Lipinski definition) is 3. The third kappa shape index (κ3) is 2.01. The number of nitrogen functional groups attached to an aromatic ring is 1. The molecule has 6 heteroatoms. The lowest BCUT2D eigenvalue weighted by Gasteiger charge is -2.06. The molecule has 0 saturated heterocycles. The van der Waals surface area contributed by atoms with Crippen molar-refractivity contribution in [1.82, 2.24) is 9.78 Å². The van der Waals surface area contributed by atoms with E-state index in [9.17, 15) is 9.18 Å². The fourth-order valence-electron chi connectivity index (χ4n) is 1.47. The Morgan fingerprint density at radius 3 is 2.82 bits per heavy atom. The predicted octanol–water partition coefficient (Wildman–Crippen LogP) is 2.45. The molecular weight excluding hydrogens is 245 g/mol. The number of ketones is 1. The van der Waals surface area contributed by atoms with Crippen LogP contribution in [0, 0.1) is 5.82 Å². The van der Waals surface area contributed by atoms with E-state index in [1.165, 1.54) is 31.3 Å². The van der Waals surface area contributed by atoms with Gasteiger partial charge in [-0.15, -0.1) is 0 Å². The number of halogens is 2. The van der Waals surface area contributed by atoms with Crippen molar-refractivity contribution < 1.29 is 9.18 Å². The molecule has 1 aromatic carbocycles. The second-order valence-corrected chi connectivity index (χ2v) is 3.94. The molecule has 2 N–H and O–H groups in total. The summed E-state index contributed by atoms with van der Waals surface area (Å²) < 4.78 is 14.7. The maximum absolute atomic E-state index is 13.6. The number of nitrogens with zero attached hydrogens (tertiary/aromatic N) is 2. The molecular formula is C11H9ClFN3O. The molecule has 4 nitrogen and oxygen atoms in total. The first kappa shape index (κ1) is 11.6. The number of aromatic nitrogens is 2. The number of carbonyl (C=O) groups is 1. The van der Waals surface area contributed by atoms with Gasteiger partial charge in [0, 0.05) is 5.02 Å². The molecule has 0 unspecified atom stereocenters. The van der Waals surface area contributed by atoms with Gasteiger partial charge in [-0.05, 0) is 25.1 Å². The van der Waals surface area contributed by atoms with Gasteiger partial charge in [-0.1, -0.05) is 11.6 Å². The zero-order valence-electron chi connectivity index (χ0n) is 8.95. The average Bonchev–Trinajstić information content (AvgIpc) is 2.64. The van der Waals surface area contributed by atoms with Crippen LogP contribution in [-0.2, 0) is 0 Å². The number of hydrogen-bond donors (Lipinski definition) is 1. The number of benzene rings is 1. The normalized spacial score (nSPS) is 10.5. The van der Waals surface area contributed by atoms with Crippen molar-refractivity contribution in [3.8, 4) is 5.69 Å². The Labute approximate surface area is 102 Å². The van der Waals surface area contributed by atoms with Gasteiger partial charge in [0.15, 0.2) is 5.78 Å². The molecule has 0 atom stereocenters. The van der Waals surface area contributed by atoms with Crippen molar-refractivity contribution >= 4 is 23.2 Å². The Morgan fingerprint density at radius 1 is 1.53 bits per heavy atom. The van der Waals surface area contributed by atoms with Gasteiger partial charge in [0.25, 0.3) is 0 Å². The van der Waals surface area contributed by atoms with Gasteiger partial charge in [0.05, 0.1) is 11.8 Å². The number of carbonyl (C=O) groups excluding carboxylic acids is 1. The highest BCUT2D eigenvalue weighted by atomic mass is 35.5. The fraction of sp³-hybridized carbons (Fsp3) is 0.0909. The van der Waals surface area contributed by atoms with E-state index in [-0.39, 0.29) is 22.9 Å². The molecule has 0 fully saturated rings. The molecule has 0 aliphatic rings. The van der Waals surface area contributed by atoms with Gasteiger partial charge in [0.2, 0.25) is 0 Å². The fourth-order valence-corrected chi connectivity index (χ4v) is 1.64. The maximum atomic E-state index is 13.6. The molecule has 0 spiro atoms. The van der Waals surface area contributed by atoms with E-state index >= 15 is 0 Å². The largest absolute Gasteiger partial charge is 0.383 e. The van der Waals surface area contributed by atoms with Crippen molar-refractivity contribution in [3.05, 3.63) is 40.8 Å². The summed E-state index contributed by atoms with van der Waals surface area (Å²) >= 11 is 5.77. The van der Waals surface area contributed by atoms with Crippen LogP contribution in [0.25, 0.3) is 5.69 Å². The van der Waals surface area contributed by atoms with Gasteiger partial charge in [0.1, 0.15) is 17.3 Å². The van der Waals surface area contributed by atoms with E-state index in [2.05, 4.69) is 5.10 Å². The highest BCUT2D eigenvalue weighted by Crippen LogP contribution is 2.22. The second kappa shape index (κ2) is 4.18. The van der Waals surface area contributed by atoms with Crippen molar-refractivity contribution in [2.24, 2.45) is 0 Å². The van der Waals surface area contributed by atoms with E-state index in [0.29, 0.717) is 5.02 Å². The van der Waals surface area contributed by atoms with E-state index in [1.807, 2.05) is 0 Å². The lowest BCUT2D eigenvalue weighted by molar-refractivity contribution is 0.101. The van der Waals surface area contributed by atoms with Crippen molar-refractivity contribution in [2.45, 2.75) is 6.92 Å². The lowest BCUT2D eigenvalue weighted by Crippen LogP contribution is -2.06. The quantitative estimate of drug-likeness (QED) is 0.837. The first-order valence-corrected chi connectivity index (χ1v) is 5.18. The minimum absolute atomic E-state index is 0.0960. The summed E-state index contributed by atoms with van der Waals surface area (Å²) in [6.07, 6.45) is 1.30. The van der Waals surface area contributed by atoms with Crippen LogP contribution >= 0.6 is 11.6 Å². The summed E-state index contributed by atoms with van der Waals surface area (Å²) in [7, 11) is 0. The topological polar surface area (TPSA) is 60.9 Å². The number of nitrogens with two attached hydrogens (primary N) is 1. The van der Waals surface area contributed by atoms with E-state index < -0.39 is 5.82 Å². The molecule has 1 aromatic heterocycles. The van der Waals surface area contributed by atoms with Crippen LogP contribution in [0.2, 0.25) is 5.02 Å². The zero-order chi connectivity index (χ0) is 12.6. The molecule has 0 aliphatic carbocycles. The Morgan fingerprint density at radius 2 is 2.24 bits per heavy atom. The van der Waals surface area contributed by atoms with Crippen LogP contribution in [-0.4, -0.2) is 15.6 Å². The molecule has 17 heavy (non-hydrogen) atoms. The summed E-state index contributed by atoms with van der Waals surface area (Å²) in [5.74, 6) is -0.644. The molecule has 1 heterocycles. The first-order valence-electron chi connectivity index (χ1n) is 4.80. The predicted molar refractivity (Wildman–Crippen MR) is 62.9 cm³/mol. The SMILES string of the molecule is CC(=O)c1cnn(-c2cc(Cl)ccc2F)c1N. The van der Waals surface area contributed by atoms with Crippen LogP contribution in [0.1, 0.15) is 17.3 Å². The van der Waals surface area contributed by atoms with Crippen LogP contribution in [0.5, 0.6) is 0 Å². The molecule has 0 aliphatic heterocycles. The Bertz CT molecular complexity index is 594. The summed E-state index contributed by atoms with van der Waals surface area (Å²) in [6.45, 7) is 1.37. The third-order valence-electron chi connectivity index (χ3n) is 2.32. The van der Waals surface area contributed by atoms with Gasteiger partial charge < -0.3 is 5.73 Å². The second-order valence-electron chi connectivity index (χ2n) is 3.51. The summed E-state index contributed by atoms with van der Waals surface area (Å²) in [4.78, 5) is 11.2.